The maximum atomic E-state index is 6.56. The van der Waals surface area contributed by atoms with Crippen LogP contribution in [-0.4, -0.2) is 28.0 Å². The number of benzene rings is 2. The summed E-state index contributed by atoms with van der Waals surface area (Å²) in [5.41, 5.74) is 3.83. The number of rotatable bonds is 11. The second-order valence-electron chi connectivity index (χ2n) is 8.54. The van der Waals surface area contributed by atoms with Crippen LogP contribution in [-0.2, 0) is 6.42 Å². The summed E-state index contributed by atoms with van der Waals surface area (Å²) in [6, 6.07) is 22.1. The highest BCUT2D eigenvalue weighted by Crippen LogP contribution is 2.27. The fraction of sp³-hybridized carbons (Fsp3) is 0.250. The molecule has 0 saturated heterocycles. The van der Waals surface area contributed by atoms with Gasteiger partial charge >= 0.3 is 0 Å². The van der Waals surface area contributed by atoms with E-state index in [1.165, 1.54) is 11.1 Å². The maximum absolute atomic E-state index is 6.56. The van der Waals surface area contributed by atoms with Gasteiger partial charge < -0.3 is 10.6 Å². The first-order chi connectivity index (χ1) is 17.5. The second-order valence-corrected chi connectivity index (χ2v) is 9.79. The van der Waals surface area contributed by atoms with Crippen LogP contribution in [0.15, 0.2) is 72.9 Å². The molecule has 8 heteroatoms. The second kappa shape index (κ2) is 13.0. The van der Waals surface area contributed by atoms with Gasteiger partial charge in [-0.25, -0.2) is 9.97 Å². The molecule has 0 aliphatic heterocycles. The van der Waals surface area contributed by atoms with E-state index < -0.39 is 0 Å². The molecule has 2 heterocycles. The number of hydrogen-bond acceptors (Lipinski definition) is 5. The fourth-order valence-electron chi connectivity index (χ4n) is 3.87. The van der Waals surface area contributed by atoms with Crippen molar-refractivity contribution < 1.29 is 0 Å². The summed E-state index contributed by atoms with van der Waals surface area (Å²) in [6.07, 6.45) is 4.77. The molecule has 36 heavy (non-hydrogen) atoms. The Labute approximate surface area is 227 Å². The Balaban J connectivity index is 1.40. The number of hydrogen-bond donors (Lipinski definition) is 2. The average Bonchev–Trinajstić information content (AvgIpc) is 2.90. The smallest absolute Gasteiger partial charge is 0.180 e. The third-order valence-corrected chi connectivity index (χ3v) is 6.77. The van der Waals surface area contributed by atoms with Crippen LogP contribution in [0.1, 0.15) is 35.7 Å². The van der Waals surface area contributed by atoms with Gasteiger partial charge in [0.15, 0.2) is 5.82 Å². The molecule has 0 fully saturated rings. The zero-order valence-electron chi connectivity index (χ0n) is 20.0. The maximum Gasteiger partial charge on any atom is 0.180 e. The number of anilines is 1. The van der Waals surface area contributed by atoms with E-state index in [9.17, 15) is 0 Å². The molecule has 2 aromatic heterocycles. The van der Waals surface area contributed by atoms with Crippen molar-refractivity contribution >= 4 is 40.6 Å². The normalized spacial score (nSPS) is 11.9. The summed E-state index contributed by atoms with van der Waals surface area (Å²) in [6.45, 7) is 3.37. The number of halogens is 3. The quantitative estimate of drug-likeness (QED) is 0.192. The SMILES string of the molecule is Cc1nc(-c2ccc(Cl)cn2)nc(NC[C@H](NCCCCc2ccc(Cl)cc2)c2ccccc2)c1Cl. The summed E-state index contributed by atoms with van der Waals surface area (Å²) in [5, 5.41) is 8.96. The molecule has 4 aromatic rings. The highest BCUT2D eigenvalue weighted by Gasteiger charge is 2.15. The Morgan fingerprint density at radius 1 is 0.833 bits per heavy atom. The summed E-state index contributed by atoms with van der Waals surface area (Å²) >= 11 is 18.5. The van der Waals surface area contributed by atoms with Crippen LogP contribution in [0.2, 0.25) is 15.1 Å². The predicted octanol–water partition coefficient (Wildman–Crippen LogP) is 7.57. The Kier molecular flexibility index (Phi) is 9.54. The molecular formula is C28H28Cl3N5. The molecule has 2 aromatic carbocycles. The highest BCUT2D eigenvalue weighted by atomic mass is 35.5. The van der Waals surface area contributed by atoms with Crippen molar-refractivity contribution in [3.8, 4) is 11.5 Å². The zero-order valence-corrected chi connectivity index (χ0v) is 22.3. The van der Waals surface area contributed by atoms with Gasteiger partial charge in [0.25, 0.3) is 0 Å². The number of aromatic nitrogens is 3. The lowest BCUT2D eigenvalue weighted by Crippen LogP contribution is -2.29. The van der Waals surface area contributed by atoms with Gasteiger partial charge in [0.05, 0.1) is 10.7 Å². The minimum Gasteiger partial charge on any atom is -0.367 e. The van der Waals surface area contributed by atoms with Gasteiger partial charge in [0.2, 0.25) is 0 Å². The molecule has 0 radical (unpaired) electrons. The first kappa shape index (κ1) is 26.4. The molecular weight excluding hydrogens is 513 g/mol. The molecule has 0 unspecified atom stereocenters. The van der Waals surface area contributed by atoms with Crippen LogP contribution < -0.4 is 10.6 Å². The minimum absolute atomic E-state index is 0.0881. The molecule has 0 bridgehead atoms. The molecule has 0 amide bonds. The van der Waals surface area contributed by atoms with E-state index in [0.717, 1.165) is 30.8 Å². The lowest BCUT2D eigenvalue weighted by molar-refractivity contribution is 0.531. The van der Waals surface area contributed by atoms with Crippen molar-refractivity contribution in [2.75, 3.05) is 18.4 Å². The number of aryl methyl sites for hydroxylation is 2. The van der Waals surface area contributed by atoms with E-state index >= 15 is 0 Å². The van der Waals surface area contributed by atoms with Crippen molar-refractivity contribution in [1.29, 1.82) is 0 Å². The van der Waals surface area contributed by atoms with Crippen LogP contribution in [0.5, 0.6) is 0 Å². The van der Waals surface area contributed by atoms with E-state index in [0.29, 0.717) is 39.6 Å². The van der Waals surface area contributed by atoms with Crippen LogP contribution in [0.3, 0.4) is 0 Å². The molecule has 0 aliphatic rings. The first-order valence-corrected chi connectivity index (χ1v) is 13.1. The number of nitrogens with one attached hydrogen (secondary N) is 2. The van der Waals surface area contributed by atoms with Gasteiger partial charge in [-0.05, 0) is 68.1 Å². The van der Waals surface area contributed by atoms with Crippen molar-refractivity contribution in [2.45, 2.75) is 32.2 Å². The number of pyridine rings is 1. The fourth-order valence-corrected chi connectivity index (χ4v) is 4.26. The number of nitrogens with zero attached hydrogens (tertiary/aromatic N) is 3. The third kappa shape index (κ3) is 7.40. The van der Waals surface area contributed by atoms with Gasteiger partial charge in [-0.15, -0.1) is 0 Å². The predicted molar refractivity (Wildman–Crippen MR) is 150 cm³/mol. The molecule has 0 saturated carbocycles. The Bertz CT molecular complexity index is 1250. The van der Waals surface area contributed by atoms with Crippen LogP contribution in [0.25, 0.3) is 11.5 Å². The lowest BCUT2D eigenvalue weighted by atomic mass is 10.1. The van der Waals surface area contributed by atoms with E-state index in [4.69, 9.17) is 34.8 Å². The summed E-state index contributed by atoms with van der Waals surface area (Å²) in [7, 11) is 0. The summed E-state index contributed by atoms with van der Waals surface area (Å²) in [4.78, 5) is 13.5. The monoisotopic (exact) mass is 539 g/mol. The third-order valence-electron chi connectivity index (χ3n) is 5.85. The molecule has 4 rings (SSSR count). The van der Waals surface area contributed by atoms with Crippen molar-refractivity contribution in [3.05, 3.63) is 105 Å². The number of unbranched alkanes of at least 4 members (excludes halogenated alkanes) is 1. The van der Waals surface area contributed by atoms with Crippen LogP contribution >= 0.6 is 34.8 Å². The topological polar surface area (TPSA) is 62.7 Å². The van der Waals surface area contributed by atoms with Crippen LogP contribution in [0.4, 0.5) is 5.82 Å². The Morgan fingerprint density at radius 2 is 1.58 bits per heavy atom. The highest BCUT2D eigenvalue weighted by molar-refractivity contribution is 6.33. The van der Waals surface area contributed by atoms with E-state index in [1.54, 1.807) is 18.3 Å². The van der Waals surface area contributed by atoms with E-state index in [1.807, 2.05) is 25.1 Å². The largest absolute Gasteiger partial charge is 0.367 e. The zero-order chi connectivity index (χ0) is 25.3. The van der Waals surface area contributed by atoms with Crippen molar-refractivity contribution in [2.24, 2.45) is 0 Å². The van der Waals surface area contributed by atoms with Gasteiger partial charge in [-0.1, -0.05) is 77.3 Å². The van der Waals surface area contributed by atoms with Gasteiger partial charge in [-0.2, -0.15) is 0 Å². The summed E-state index contributed by atoms with van der Waals surface area (Å²) < 4.78 is 0. The Morgan fingerprint density at radius 3 is 2.31 bits per heavy atom. The standard InChI is InChI=1S/C28H28Cl3N5/c1-19-26(31)28(36-27(35-19)24-15-14-23(30)17-33-24)34-18-25(21-8-3-2-4-9-21)32-16-6-5-7-20-10-12-22(29)13-11-20/h2-4,8-15,17,25,32H,5-7,16,18H2,1H3,(H,34,35,36)/t25-/m0/s1. The molecule has 186 valence electrons. The van der Waals surface area contributed by atoms with Gasteiger partial charge in [0.1, 0.15) is 16.5 Å². The first-order valence-electron chi connectivity index (χ1n) is 11.9. The van der Waals surface area contributed by atoms with Gasteiger partial charge in [0, 0.05) is 23.8 Å². The lowest BCUT2D eigenvalue weighted by Gasteiger charge is -2.21. The molecule has 0 spiro atoms. The van der Waals surface area contributed by atoms with Crippen molar-refractivity contribution in [3.63, 3.8) is 0 Å². The average molecular weight is 541 g/mol. The molecule has 5 nitrogen and oxygen atoms in total. The molecule has 2 N–H and O–H groups in total. The van der Waals surface area contributed by atoms with E-state index in [-0.39, 0.29) is 6.04 Å². The van der Waals surface area contributed by atoms with Gasteiger partial charge in [-0.3, -0.25) is 4.98 Å². The summed E-state index contributed by atoms with van der Waals surface area (Å²) in [5.74, 6) is 1.09. The van der Waals surface area contributed by atoms with Crippen LogP contribution in [0, 0.1) is 6.92 Å². The van der Waals surface area contributed by atoms with Crippen molar-refractivity contribution in [1.82, 2.24) is 20.3 Å². The Hall–Kier alpha value is -2.70. The van der Waals surface area contributed by atoms with E-state index in [2.05, 4.69) is 62.0 Å². The minimum atomic E-state index is 0.0881. The molecule has 1 atom stereocenters. The molecule has 0 aliphatic carbocycles.